The number of aromatic hydroxyl groups is 4. The van der Waals surface area contributed by atoms with Crippen molar-refractivity contribution in [1.82, 2.24) is 19.6 Å². The van der Waals surface area contributed by atoms with E-state index in [0.29, 0.717) is 32.8 Å². The third-order valence-electron chi connectivity index (χ3n) is 7.18. The van der Waals surface area contributed by atoms with Gasteiger partial charge in [0.05, 0.1) is 32.6 Å². The third-order valence-corrected chi connectivity index (χ3v) is 9.47. The molecule has 0 saturated heterocycles. The fourth-order valence-corrected chi connectivity index (χ4v) is 5.99. The Hall–Kier alpha value is -5.39. The van der Waals surface area contributed by atoms with Crippen LogP contribution < -0.4 is 10.3 Å². The van der Waals surface area contributed by atoms with Gasteiger partial charge in [-0.25, -0.2) is 27.1 Å². The normalized spacial score (nSPS) is 11.7. The maximum Gasteiger partial charge on any atom is 0.243 e. The topological polar surface area (TPSA) is 286 Å². The molecule has 0 fully saturated rings. The SMILES string of the molecule is Cc1nn(-c2cccc(Cl)c2)c(O)c1N=Nc1cc(S(N)(=O)=O)ccc1O.Cc1nn(-c2cccc(Cl)c2)c(O)c1N=Nc1cc(S(N)(=O)=O)ccc1O.[Co]. The van der Waals surface area contributed by atoms with Gasteiger partial charge in [-0.3, -0.25) is 0 Å². The molecule has 1 radical (unpaired) electrons. The molecule has 0 aliphatic rings. The summed E-state index contributed by atoms with van der Waals surface area (Å²) in [7, 11) is -7.94. The van der Waals surface area contributed by atoms with Gasteiger partial charge in [-0.05, 0) is 86.6 Å². The minimum Gasteiger partial charge on any atom is -0.506 e. The van der Waals surface area contributed by atoms with Crippen LogP contribution >= 0.6 is 23.2 Å². The van der Waals surface area contributed by atoms with Crippen LogP contribution in [-0.2, 0) is 36.8 Å². The van der Waals surface area contributed by atoms with E-state index in [9.17, 15) is 37.3 Å². The Balaban J connectivity index is 0.000000240. The summed E-state index contributed by atoms with van der Waals surface area (Å²) in [6.45, 7) is 3.21. The average molecular weight is 875 g/mol. The Labute approximate surface area is 333 Å². The van der Waals surface area contributed by atoms with E-state index in [2.05, 4.69) is 30.7 Å². The molecule has 0 aliphatic heterocycles. The van der Waals surface area contributed by atoms with Crippen LogP contribution in [0.5, 0.6) is 23.3 Å². The Morgan fingerprint density at radius 2 is 0.945 bits per heavy atom. The quantitative estimate of drug-likeness (QED) is 0.0889. The van der Waals surface area contributed by atoms with Crippen LogP contribution in [0, 0.1) is 13.8 Å². The van der Waals surface area contributed by atoms with E-state index < -0.39 is 20.0 Å². The summed E-state index contributed by atoms with van der Waals surface area (Å²) in [5.74, 6) is -1.18. The number of nitrogens with two attached hydrogens (primary N) is 2. The van der Waals surface area contributed by atoms with Crippen molar-refractivity contribution in [3.63, 3.8) is 0 Å². The van der Waals surface area contributed by atoms with Gasteiger partial charge in [0, 0.05) is 26.8 Å². The number of sulfonamides is 2. The number of hydrogen-bond acceptors (Lipinski definition) is 14. The molecule has 8 N–H and O–H groups in total. The Kier molecular flexibility index (Phi) is 13.1. The molecule has 23 heteroatoms. The molecule has 2 heterocycles. The van der Waals surface area contributed by atoms with Crippen LogP contribution in [0.1, 0.15) is 11.4 Å². The van der Waals surface area contributed by atoms with Gasteiger partial charge in [0.2, 0.25) is 31.8 Å². The van der Waals surface area contributed by atoms with Crippen molar-refractivity contribution in [2.45, 2.75) is 23.6 Å². The molecular formula is C32H28Cl2CoN10O8S2. The number of phenols is 2. The first-order valence-corrected chi connectivity index (χ1v) is 18.8. The standard InChI is InChI=1S/2C16H14ClN5O4S.Co/c2*1-9-15(16(24)22(21-9)11-4-2-3-10(17)7-11)20-19-13-8-12(27(18,25)26)5-6-14(13)23;/h2*2-8,23-24H,1H3,(H2,18,25,26);. The van der Waals surface area contributed by atoms with Gasteiger partial charge in [-0.1, -0.05) is 35.3 Å². The smallest absolute Gasteiger partial charge is 0.243 e. The third kappa shape index (κ3) is 10.0. The van der Waals surface area contributed by atoms with E-state index in [-0.39, 0.29) is 72.6 Å². The van der Waals surface area contributed by atoms with E-state index in [1.807, 2.05) is 0 Å². The van der Waals surface area contributed by atoms with Gasteiger partial charge in [-0.15, -0.1) is 20.5 Å². The van der Waals surface area contributed by atoms with Crippen molar-refractivity contribution in [3.05, 3.63) is 106 Å². The van der Waals surface area contributed by atoms with Crippen molar-refractivity contribution in [3.8, 4) is 34.6 Å². The number of primary sulfonamides is 2. The van der Waals surface area contributed by atoms with Crippen LogP contribution in [0.4, 0.5) is 22.7 Å². The second-order valence-electron chi connectivity index (χ2n) is 11.1. The largest absolute Gasteiger partial charge is 0.506 e. The fraction of sp³-hybridized carbons (Fsp3) is 0.0625. The van der Waals surface area contributed by atoms with Gasteiger partial charge >= 0.3 is 0 Å². The fourth-order valence-electron chi connectivity index (χ4n) is 4.55. The molecule has 6 aromatic rings. The minimum atomic E-state index is -3.97. The van der Waals surface area contributed by atoms with Crippen LogP contribution in [0.2, 0.25) is 10.0 Å². The van der Waals surface area contributed by atoms with Crippen molar-refractivity contribution in [2.75, 3.05) is 0 Å². The van der Waals surface area contributed by atoms with Crippen LogP contribution in [0.3, 0.4) is 0 Å². The predicted molar refractivity (Wildman–Crippen MR) is 197 cm³/mol. The first kappa shape index (κ1) is 42.3. The average Bonchev–Trinajstić information content (AvgIpc) is 3.55. The zero-order valence-electron chi connectivity index (χ0n) is 28.1. The number of aryl methyl sites for hydroxylation is 2. The van der Waals surface area contributed by atoms with Gasteiger partial charge < -0.3 is 20.4 Å². The van der Waals surface area contributed by atoms with Crippen LogP contribution in [0.25, 0.3) is 11.4 Å². The monoisotopic (exact) mass is 873 g/mol. The van der Waals surface area contributed by atoms with Crippen molar-refractivity contribution in [2.24, 2.45) is 30.7 Å². The summed E-state index contributed by atoms with van der Waals surface area (Å²) < 4.78 is 48.2. The molecule has 18 nitrogen and oxygen atoms in total. The molecule has 2 aromatic heterocycles. The minimum absolute atomic E-state index is 0. The molecule has 289 valence electrons. The first-order chi connectivity index (χ1) is 25.3. The summed E-state index contributed by atoms with van der Waals surface area (Å²) in [6.07, 6.45) is 0. The molecule has 0 spiro atoms. The second-order valence-corrected chi connectivity index (χ2v) is 15.1. The number of nitrogens with zero attached hydrogens (tertiary/aromatic N) is 8. The van der Waals surface area contributed by atoms with Crippen molar-refractivity contribution in [1.29, 1.82) is 0 Å². The number of halogens is 2. The molecule has 0 atom stereocenters. The van der Waals surface area contributed by atoms with Gasteiger partial charge in [0.1, 0.15) is 22.9 Å². The summed E-state index contributed by atoms with van der Waals surface area (Å²) in [4.78, 5) is -0.463. The molecule has 55 heavy (non-hydrogen) atoms. The van der Waals surface area contributed by atoms with Crippen LogP contribution in [-0.4, -0.2) is 56.8 Å². The zero-order chi connectivity index (χ0) is 39.5. The Morgan fingerprint density at radius 1 is 0.582 bits per heavy atom. The first-order valence-electron chi connectivity index (χ1n) is 15.0. The number of benzene rings is 4. The van der Waals surface area contributed by atoms with E-state index in [1.165, 1.54) is 9.36 Å². The van der Waals surface area contributed by atoms with E-state index in [1.54, 1.807) is 62.4 Å². The molecule has 6 rings (SSSR count). The van der Waals surface area contributed by atoms with E-state index in [0.717, 1.165) is 36.4 Å². The summed E-state index contributed by atoms with van der Waals surface area (Å²) in [5, 5.41) is 75.4. The Morgan fingerprint density at radius 3 is 1.27 bits per heavy atom. The molecule has 0 bridgehead atoms. The maximum atomic E-state index is 11.4. The van der Waals surface area contributed by atoms with Gasteiger partial charge in [0.15, 0.2) is 11.4 Å². The summed E-state index contributed by atoms with van der Waals surface area (Å²) in [6, 6.07) is 20.1. The number of phenolic OH excluding ortho intramolecular Hbond substituents is 2. The van der Waals surface area contributed by atoms with Gasteiger partial charge in [0.25, 0.3) is 0 Å². The number of hydrogen-bond donors (Lipinski definition) is 6. The van der Waals surface area contributed by atoms with E-state index in [4.69, 9.17) is 33.5 Å². The summed E-state index contributed by atoms with van der Waals surface area (Å²) in [5.41, 5.74) is 1.60. The van der Waals surface area contributed by atoms with Crippen molar-refractivity contribution >= 4 is 66.0 Å². The molecule has 0 saturated carbocycles. The number of aromatic nitrogens is 4. The number of azo groups is 2. The van der Waals surface area contributed by atoms with Gasteiger partial charge in [-0.2, -0.15) is 19.6 Å². The predicted octanol–water partition coefficient (Wildman–Crippen LogP) is 6.61. The molecule has 0 unspecified atom stereocenters. The summed E-state index contributed by atoms with van der Waals surface area (Å²) >= 11 is 11.9. The molecular weight excluding hydrogens is 846 g/mol. The zero-order valence-corrected chi connectivity index (χ0v) is 32.3. The molecule has 4 aromatic carbocycles. The number of rotatable bonds is 8. The van der Waals surface area contributed by atoms with E-state index >= 15 is 0 Å². The molecule has 0 aliphatic carbocycles. The Bertz CT molecular complexity index is 2510. The molecule has 0 amide bonds. The second kappa shape index (κ2) is 17.0. The van der Waals surface area contributed by atoms with Crippen molar-refractivity contribution < 1.29 is 54.0 Å². The maximum absolute atomic E-state index is 11.4. The van der Waals surface area contributed by atoms with Crippen LogP contribution in [0.15, 0.2) is 115 Å².